The largest absolute Gasteiger partial charge is 0.392 e. The van der Waals surface area contributed by atoms with Crippen LogP contribution < -0.4 is 5.32 Å². The maximum atomic E-state index is 11.3. The molecule has 0 saturated carbocycles. The van der Waals surface area contributed by atoms with Gasteiger partial charge < -0.3 is 15.3 Å². The number of aliphatic hydroxyl groups is 1. The number of carbonyl (C=O) groups excluding carboxylic acids is 1. The normalized spacial score (nSPS) is 10.4. The summed E-state index contributed by atoms with van der Waals surface area (Å²) in [6.45, 7) is 1.71. The molecule has 1 amide bonds. The van der Waals surface area contributed by atoms with E-state index in [1.807, 2.05) is 24.3 Å². The average molecular weight is 250 g/mol. The van der Waals surface area contributed by atoms with Crippen LogP contribution in [0.25, 0.3) is 0 Å². The predicted octanol–water partition coefficient (Wildman–Crippen LogP) is 1.14. The van der Waals surface area contributed by atoms with Crippen LogP contribution in [0.2, 0.25) is 0 Å². The number of aliphatic hydroxyl groups excluding tert-OH is 1. The van der Waals surface area contributed by atoms with E-state index in [0.717, 1.165) is 25.1 Å². The van der Waals surface area contributed by atoms with Gasteiger partial charge >= 0.3 is 0 Å². The molecular weight excluding hydrogens is 228 g/mol. The van der Waals surface area contributed by atoms with Gasteiger partial charge in [-0.05, 0) is 24.1 Å². The zero-order valence-electron chi connectivity index (χ0n) is 11.1. The van der Waals surface area contributed by atoms with Crippen LogP contribution in [0.4, 0.5) is 0 Å². The molecule has 1 aromatic rings. The molecule has 0 atom stereocenters. The first-order valence-electron chi connectivity index (χ1n) is 6.23. The first-order valence-corrected chi connectivity index (χ1v) is 6.23. The van der Waals surface area contributed by atoms with E-state index in [1.165, 1.54) is 5.56 Å². The van der Waals surface area contributed by atoms with Crippen molar-refractivity contribution in [3.05, 3.63) is 35.4 Å². The lowest BCUT2D eigenvalue weighted by Gasteiger charge is -2.10. The van der Waals surface area contributed by atoms with Gasteiger partial charge in [0, 0.05) is 27.1 Å². The average Bonchev–Trinajstić information content (AvgIpc) is 2.38. The third kappa shape index (κ3) is 5.29. The van der Waals surface area contributed by atoms with Crippen LogP contribution in [-0.4, -0.2) is 36.6 Å². The Bertz CT molecular complexity index is 361. The lowest BCUT2D eigenvalue weighted by atomic mass is 10.1. The topological polar surface area (TPSA) is 52.6 Å². The van der Waals surface area contributed by atoms with Gasteiger partial charge in [-0.2, -0.15) is 0 Å². The molecule has 2 N–H and O–H groups in total. The van der Waals surface area contributed by atoms with Gasteiger partial charge in [0.25, 0.3) is 0 Å². The third-order valence-corrected chi connectivity index (χ3v) is 2.78. The second-order valence-electron chi connectivity index (χ2n) is 4.54. The van der Waals surface area contributed by atoms with Gasteiger partial charge in [0.1, 0.15) is 0 Å². The summed E-state index contributed by atoms with van der Waals surface area (Å²) in [5.41, 5.74) is 2.11. The molecule has 0 fully saturated rings. The number of carbonyl (C=O) groups is 1. The number of hydrogen-bond donors (Lipinski definition) is 2. The molecule has 4 nitrogen and oxygen atoms in total. The van der Waals surface area contributed by atoms with Gasteiger partial charge in [0.05, 0.1) is 6.61 Å². The maximum Gasteiger partial charge on any atom is 0.222 e. The van der Waals surface area contributed by atoms with Gasteiger partial charge in [0.15, 0.2) is 0 Å². The minimum absolute atomic E-state index is 0.0837. The van der Waals surface area contributed by atoms with E-state index >= 15 is 0 Å². The Morgan fingerprint density at radius 3 is 2.39 bits per heavy atom. The van der Waals surface area contributed by atoms with E-state index in [-0.39, 0.29) is 12.5 Å². The van der Waals surface area contributed by atoms with E-state index in [2.05, 4.69) is 5.32 Å². The van der Waals surface area contributed by atoms with Crippen molar-refractivity contribution in [2.45, 2.75) is 26.0 Å². The molecular formula is C14H22N2O2. The Kier molecular flexibility index (Phi) is 6.39. The van der Waals surface area contributed by atoms with Crippen LogP contribution in [0.15, 0.2) is 24.3 Å². The van der Waals surface area contributed by atoms with Crippen molar-refractivity contribution >= 4 is 5.91 Å². The van der Waals surface area contributed by atoms with Crippen molar-refractivity contribution in [3.63, 3.8) is 0 Å². The van der Waals surface area contributed by atoms with E-state index < -0.39 is 0 Å². The summed E-state index contributed by atoms with van der Waals surface area (Å²) < 4.78 is 0. The molecule has 18 heavy (non-hydrogen) atoms. The smallest absolute Gasteiger partial charge is 0.222 e. The Morgan fingerprint density at radius 2 is 1.83 bits per heavy atom. The molecule has 0 spiro atoms. The Hall–Kier alpha value is -1.39. The highest BCUT2D eigenvalue weighted by atomic mass is 16.3. The van der Waals surface area contributed by atoms with E-state index in [4.69, 9.17) is 5.11 Å². The molecule has 0 aliphatic carbocycles. The fraction of sp³-hybridized carbons (Fsp3) is 0.500. The fourth-order valence-electron chi connectivity index (χ4n) is 1.58. The summed E-state index contributed by atoms with van der Waals surface area (Å²) in [5.74, 6) is 0.170. The van der Waals surface area contributed by atoms with E-state index in [1.54, 1.807) is 19.0 Å². The quantitative estimate of drug-likeness (QED) is 0.713. The molecule has 0 radical (unpaired) electrons. The molecule has 0 aliphatic rings. The fourth-order valence-corrected chi connectivity index (χ4v) is 1.58. The highest BCUT2D eigenvalue weighted by Crippen LogP contribution is 2.04. The Labute approximate surface area is 109 Å². The third-order valence-electron chi connectivity index (χ3n) is 2.78. The molecule has 4 heteroatoms. The van der Waals surface area contributed by atoms with Gasteiger partial charge in [-0.3, -0.25) is 4.79 Å². The predicted molar refractivity (Wildman–Crippen MR) is 72.0 cm³/mol. The highest BCUT2D eigenvalue weighted by Gasteiger charge is 2.02. The van der Waals surface area contributed by atoms with Crippen LogP contribution in [-0.2, 0) is 17.9 Å². The zero-order chi connectivity index (χ0) is 13.4. The summed E-state index contributed by atoms with van der Waals surface area (Å²) in [5, 5.41) is 12.2. The van der Waals surface area contributed by atoms with Crippen LogP contribution in [0.1, 0.15) is 24.0 Å². The van der Waals surface area contributed by atoms with Crippen molar-refractivity contribution < 1.29 is 9.90 Å². The lowest BCUT2D eigenvalue weighted by Crippen LogP contribution is -2.23. The SMILES string of the molecule is CN(C)C(=O)CCCNCc1ccc(CO)cc1. The summed E-state index contributed by atoms with van der Waals surface area (Å²) in [7, 11) is 3.55. The number of nitrogens with zero attached hydrogens (tertiary/aromatic N) is 1. The van der Waals surface area contributed by atoms with Gasteiger partial charge in [-0.25, -0.2) is 0 Å². The summed E-state index contributed by atoms with van der Waals surface area (Å²) in [6, 6.07) is 7.85. The summed E-state index contributed by atoms with van der Waals surface area (Å²) in [6.07, 6.45) is 1.44. The molecule has 0 bridgehead atoms. The summed E-state index contributed by atoms with van der Waals surface area (Å²) in [4.78, 5) is 12.9. The second-order valence-corrected chi connectivity index (χ2v) is 4.54. The molecule has 0 heterocycles. The van der Waals surface area contributed by atoms with Crippen LogP contribution in [0, 0.1) is 0 Å². The summed E-state index contributed by atoms with van der Waals surface area (Å²) >= 11 is 0. The number of nitrogens with one attached hydrogen (secondary N) is 1. The molecule has 100 valence electrons. The lowest BCUT2D eigenvalue weighted by molar-refractivity contribution is -0.128. The first-order chi connectivity index (χ1) is 8.63. The van der Waals surface area contributed by atoms with Gasteiger partial charge in [0.2, 0.25) is 5.91 Å². The number of rotatable bonds is 7. The van der Waals surface area contributed by atoms with Crippen LogP contribution in [0.3, 0.4) is 0 Å². The number of hydrogen-bond acceptors (Lipinski definition) is 3. The van der Waals surface area contributed by atoms with Crippen molar-refractivity contribution in [1.82, 2.24) is 10.2 Å². The molecule has 1 rings (SSSR count). The minimum atomic E-state index is 0.0837. The van der Waals surface area contributed by atoms with Crippen LogP contribution >= 0.6 is 0 Å². The Morgan fingerprint density at radius 1 is 1.22 bits per heavy atom. The first kappa shape index (κ1) is 14.7. The van der Waals surface area contributed by atoms with E-state index in [9.17, 15) is 4.79 Å². The zero-order valence-corrected chi connectivity index (χ0v) is 11.1. The van der Waals surface area contributed by atoms with Crippen molar-refractivity contribution in [2.75, 3.05) is 20.6 Å². The molecule has 0 saturated heterocycles. The molecule has 0 aromatic heterocycles. The van der Waals surface area contributed by atoms with Crippen molar-refractivity contribution in [2.24, 2.45) is 0 Å². The van der Waals surface area contributed by atoms with Crippen LogP contribution in [0.5, 0.6) is 0 Å². The standard InChI is InChI=1S/C14H22N2O2/c1-16(2)14(18)4-3-9-15-10-12-5-7-13(11-17)8-6-12/h5-8,15,17H,3-4,9-11H2,1-2H3. The van der Waals surface area contributed by atoms with E-state index in [0.29, 0.717) is 6.42 Å². The van der Waals surface area contributed by atoms with Crippen molar-refractivity contribution in [3.8, 4) is 0 Å². The monoisotopic (exact) mass is 250 g/mol. The molecule has 0 aliphatic heterocycles. The van der Waals surface area contributed by atoms with Crippen molar-refractivity contribution in [1.29, 1.82) is 0 Å². The molecule has 1 aromatic carbocycles. The molecule has 0 unspecified atom stereocenters. The van der Waals surface area contributed by atoms with Gasteiger partial charge in [-0.15, -0.1) is 0 Å². The second kappa shape index (κ2) is 7.84. The Balaban J connectivity index is 2.15. The minimum Gasteiger partial charge on any atom is -0.392 e. The number of amides is 1. The maximum absolute atomic E-state index is 11.3. The van der Waals surface area contributed by atoms with Gasteiger partial charge in [-0.1, -0.05) is 24.3 Å². The number of benzene rings is 1. The highest BCUT2D eigenvalue weighted by molar-refractivity contribution is 5.75.